The highest BCUT2D eigenvalue weighted by Crippen LogP contribution is 2.35. The third-order valence-electron chi connectivity index (χ3n) is 3.68. The fourth-order valence-corrected chi connectivity index (χ4v) is 2.99. The van der Waals surface area contributed by atoms with E-state index >= 15 is 0 Å². The van der Waals surface area contributed by atoms with Crippen molar-refractivity contribution in [3.8, 4) is 0 Å². The number of ether oxygens (including phenoxy) is 1. The number of esters is 1. The normalized spacial score (nSPS) is 22.0. The number of hydrogen-bond acceptors (Lipinski definition) is 3. The van der Waals surface area contributed by atoms with Gasteiger partial charge in [-0.3, -0.25) is 4.79 Å². The smallest absolute Gasteiger partial charge is 0.310 e. The maximum Gasteiger partial charge on any atom is 0.310 e. The van der Waals surface area contributed by atoms with E-state index in [1.807, 2.05) is 19.1 Å². The third-order valence-corrected chi connectivity index (χ3v) is 4.42. The fourth-order valence-electron chi connectivity index (χ4n) is 2.69. The Bertz CT molecular complexity index is 482. The Morgan fingerprint density at radius 3 is 2.81 bits per heavy atom. The van der Waals surface area contributed by atoms with Gasteiger partial charge in [0.15, 0.2) is 0 Å². The number of hydrogen-bond donors (Lipinski definition) is 1. The second-order valence-electron chi connectivity index (χ2n) is 4.98. The van der Waals surface area contributed by atoms with Crippen molar-refractivity contribution in [1.29, 1.82) is 0 Å². The van der Waals surface area contributed by atoms with E-state index in [4.69, 9.17) is 27.9 Å². The quantitative estimate of drug-likeness (QED) is 0.834. The van der Waals surface area contributed by atoms with Crippen LogP contribution in [0.15, 0.2) is 18.2 Å². The first-order valence-corrected chi connectivity index (χ1v) is 7.71. The van der Waals surface area contributed by atoms with Crippen molar-refractivity contribution >= 4 is 41.6 Å². The molecule has 1 aromatic carbocycles. The number of carbonyl (C=O) groups excluding carboxylic acids is 1. The first-order valence-electron chi connectivity index (χ1n) is 6.95. The maximum atomic E-state index is 12.2. The molecule has 0 aliphatic carbocycles. The summed E-state index contributed by atoms with van der Waals surface area (Å²) < 4.78 is 5.20. The number of carbonyl (C=O) groups is 1. The van der Waals surface area contributed by atoms with E-state index in [1.165, 1.54) is 0 Å². The minimum Gasteiger partial charge on any atom is -0.466 e. The molecule has 1 heterocycles. The second-order valence-corrected chi connectivity index (χ2v) is 5.80. The first kappa shape index (κ1) is 18.6. The molecule has 1 aliphatic heterocycles. The Kier molecular flexibility index (Phi) is 7.82. The van der Waals surface area contributed by atoms with Crippen molar-refractivity contribution in [3.63, 3.8) is 0 Å². The van der Waals surface area contributed by atoms with Gasteiger partial charge >= 0.3 is 5.97 Å². The standard InChI is InChI=1S/C15H19Cl2NO2.ClH/c1-2-20-15(19)12-9-18-7-3-4-11(12)10-5-6-13(16)14(17)8-10;/h5-6,8,11-12,18H,2-4,7,9H2,1H3;1H. The Morgan fingerprint density at radius 2 is 2.14 bits per heavy atom. The van der Waals surface area contributed by atoms with Crippen LogP contribution >= 0.6 is 35.6 Å². The molecule has 1 fully saturated rings. The molecule has 0 amide bonds. The van der Waals surface area contributed by atoms with Crippen molar-refractivity contribution in [3.05, 3.63) is 33.8 Å². The van der Waals surface area contributed by atoms with Gasteiger partial charge in [-0.25, -0.2) is 0 Å². The summed E-state index contributed by atoms with van der Waals surface area (Å²) in [6.45, 7) is 3.80. The van der Waals surface area contributed by atoms with Gasteiger partial charge in [0.05, 0.1) is 22.6 Å². The summed E-state index contributed by atoms with van der Waals surface area (Å²) in [6, 6.07) is 5.61. The fraction of sp³-hybridized carbons (Fsp3) is 0.533. The summed E-state index contributed by atoms with van der Waals surface area (Å²) in [5.74, 6) is -0.188. The summed E-state index contributed by atoms with van der Waals surface area (Å²) in [5.41, 5.74) is 1.06. The van der Waals surface area contributed by atoms with Crippen LogP contribution < -0.4 is 5.32 Å². The van der Waals surface area contributed by atoms with Gasteiger partial charge in [0.2, 0.25) is 0 Å². The van der Waals surface area contributed by atoms with Gasteiger partial charge < -0.3 is 10.1 Å². The zero-order valence-corrected chi connectivity index (χ0v) is 14.2. The van der Waals surface area contributed by atoms with Crippen molar-refractivity contribution in [1.82, 2.24) is 5.32 Å². The molecule has 0 saturated carbocycles. The predicted octanol–water partition coefficient (Wildman–Crippen LogP) is 4.06. The van der Waals surface area contributed by atoms with Crippen LogP contribution in [0.4, 0.5) is 0 Å². The van der Waals surface area contributed by atoms with E-state index in [-0.39, 0.29) is 30.2 Å². The van der Waals surface area contributed by atoms with Gasteiger partial charge in [-0.2, -0.15) is 0 Å². The molecule has 0 aromatic heterocycles. The molecule has 2 atom stereocenters. The summed E-state index contributed by atoms with van der Waals surface area (Å²) in [7, 11) is 0. The van der Waals surface area contributed by atoms with Gasteiger partial charge in [-0.05, 0) is 49.9 Å². The van der Waals surface area contributed by atoms with Crippen molar-refractivity contribution in [2.24, 2.45) is 5.92 Å². The lowest BCUT2D eigenvalue weighted by Crippen LogP contribution is -2.32. The Hall–Kier alpha value is -0.480. The molecule has 1 aliphatic rings. The Morgan fingerprint density at radius 1 is 1.38 bits per heavy atom. The summed E-state index contributed by atoms with van der Waals surface area (Å²) >= 11 is 12.1. The van der Waals surface area contributed by atoms with Crippen molar-refractivity contribution in [2.45, 2.75) is 25.7 Å². The molecule has 2 unspecified atom stereocenters. The minimum atomic E-state index is -0.172. The molecular weight excluding hydrogens is 333 g/mol. The zero-order valence-electron chi connectivity index (χ0n) is 11.9. The SMILES string of the molecule is CCOC(=O)C1CNCCCC1c1ccc(Cl)c(Cl)c1.Cl. The lowest BCUT2D eigenvalue weighted by molar-refractivity contribution is -0.148. The molecule has 0 spiro atoms. The van der Waals surface area contributed by atoms with Crippen LogP contribution in [0.3, 0.4) is 0 Å². The lowest BCUT2D eigenvalue weighted by Gasteiger charge is -2.24. The van der Waals surface area contributed by atoms with Crippen molar-refractivity contribution < 1.29 is 9.53 Å². The Labute approximate surface area is 141 Å². The third kappa shape index (κ3) is 4.75. The van der Waals surface area contributed by atoms with E-state index < -0.39 is 0 Å². The van der Waals surface area contributed by atoms with Crippen LogP contribution in [0, 0.1) is 5.92 Å². The van der Waals surface area contributed by atoms with Crippen LogP contribution in [0.25, 0.3) is 0 Å². The van der Waals surface area contributed by atoms with Crippen LogP contribution in [-0.4, -0.2) is 25.7 Å². The molecule has 6 heteroatoms. The van der Waals surface area contributed by atoms with E-state index in [9.17, 15) is 4.79 Å². The van der Waals surface area contributed by atoms with Gasteiger partial charge in [-0.1, -0.05) is 29.3 Å². The topological polar surface area (TPSA) is 38.3 Å². The van der Waals surface area contributed by atoms with E-state index in [2.05, 4.69) is 5.32 Å². The molecule has 1 aromatic rings. The second kappa shape index (κ2) is 8.84. The van der Waals surface area contributed by atoms with Crippen molar-refractivity contribution in [2.75, 3.05) is 19.7 Å². The lowest BCUT2D eigenvalue weighted by atomic mass is 9.83. The van der Waals surface area contributed by atoms with E-state index in [0.29, 0.717) is 23.2 Å². The highest BCUT2D eigenvalue weighted by molar-refractivity contribution is 6.42. The van der Waals surface area contributed by atoms with Gasteiger partial charge in [0.25, 0.3) is 0 Å². The highest BCUT2D eigenvalue weighted by Gasteiger charge is 2.32. The summed E-state index contributed by atoms with van der Waals surface area (Å²) in [4.78, 5) is 12.2. The summed E-state index contributed by atoms with van der Waals surface area (Å²) in [5, 5.41) is 4.37. The Balaban J connectivity index is 0.00000220. The highest BCUT2D eigenvalue weighted by atomic mass is 35.5. The molecule has 1 saturated heterocycles. The monoisotopic (exact) mass is 351 g/mol. The predicted molar refractivity (Wildman–Crippen MR) is 88.7 cm³/mol. The first-order chi connectivity index (χ1) is 9.63. The van der Waals surface area contributed by atoms with Crippen LogP contribution in [0.1, 0.15) is 31.2 Å². The molecule has 118 valence electrons. The zero-order chi connectivity index (χ0) is 14.5. The number of benzene rings is 1. The number of halogens is 3. The minimum absolute atomic E-state index is 0. The van der Waals surface area contributed by atoms with Gasteiger partial charge in [-0.15, -0.1) is 12.4 Å². The van der Waals surface area contributed by atoms with Gasteiger partial charge in [0, 0.05) is 6.54 Å². The van der Waals surface area contributed by atoms with Crippen LogP contribution in [0.2, 0.25) is 10.0 Å². The number of rotatable bonds is 3. The average Bonchev–Trinajstić information content (AvgIpc) is 2.68. The van der Waals surface area contributed by atoms with E-state index in [0.717, 1.165) is 24.9 Å². The molecule has 0 radical (unpaired) electrons. The molecule has 3 nitrogen and oxygen atoms in total. The van der Waals surface area contributed by atoms with Crippen LogP contribution in [0.5, 0.6) is 0 Å². The van der Waals surface area contributed by atoms with Crippen LogP contribution in [-0.2, 0) is 9.53 Å². The summed E-state index contributed by atoms with van der Waals surface area (Å²) in [6.07, 6.45) is 1.97. The average molecular weight is 353 g/mol. The number of nitrogens with one attached hydrogen (secondary N) is 1. The largest absolute Gasteiger partial charge is 0.466 e. The van der Waals surface area contributed by atoms with Gasteiger partial charge in [0.1, 0.15) is 0 Å². The maximum absolute atomic E-state index is 12.2. The molecule has 0 bridgehead atoms. The molecular formula is C15H20Cl3NO2. The molecule has 1 N–H and O–H groups in total. The molecule has 2 rings (SSSR count). The molecule has 21 heavy (non-hydrogen) atoms. The van der Waals surface area contributed by atoms with E-state index in [1.54, 1.807) is 6.07 Å².